The molecule has 1 heterocycles. The van der Waals surface area contributed by atoms with Crippen LogP contribution < -0.4 is 0 Å². The fourth-order valence-electron chi connectivity index (χ4n) is 6.05. The highest BCUT2D eigenvalue weighted by Crippen LogP contribution is 2.30. The molecule has 0 aromatic heterocycles. The summed E-state index contributed by atoms with van der Waals surface area (Å²) in [7, 11) is 0. The van der Waals surface area contributed by atoms with E-state index in [2.05, 4.69) is 120 Å². The van der Waals surface area contributed by atoms with E-state index in [1.165, 1.54) is 5.56 Å². The second-order valence-corrected chi connectivity index (χ2v) is 11.8. The molecule has 0 unspecified atom stereocenters. The molecule has 0 saturated carbocycles. The second kappa shape index (κ2) is 17.0. The SMILES string of the molecule is c1ccc(COC[C@H]2[C@@H](OCc3ccccc3)[C@@H](OCc3ccccc3)[C@H](OCc3ccccc3)CN2Cc2ccccc2)cc1. The summed E-state index contributed by atoms with van der Waals surface area (Å²) < 4.78 is 27.0. The summed E-state index contributed by atoms with van der Waals surface area (Å²) in [5.41, 5.74) is 5.76. The number of hydrogen-bond acceptors (Lipinski definition) is 5. The van der Waals surface area contributed by atoms with Crippen molar-refractivity contribution < 1.29 is 18.9 Å². The Morgan fingerprint density at radius 3 is 1.30 bits per heavy atom. The number of piperidine rings is 1. The smallest absolute Gasteiger partial charge is 0.113 e. The van der Waals surface area contributed by atoms with Gasteiger partial charge in [0.2, 0.25) is 0 Å². The van der Waals surface area contributed by atoms with Gasteiger partial charge in [-0.3, -0.25) is 4.90 Å². The van der Waals surface area contributed by atoms with Gasteiger partial charge in [0.25, 0.3) is 0 Å². The minimum Gasteiger partial charge on any atom is -0.375 e. The van der Waals surface area contributed by atoms with E-state index in [0.717, 1.165) is 28.8 Å². The quantitative estimate of drug-likeness (QED) is 0.120. The monoisotopic (exact) mass is 613 g/mol. The van der Waals surface area contributed by atoms with E-state index in [-0.39, 0.29) is 24.4 Å². The topological polar surface area (TPSA) is 40.2 Å². The second-order valence-electron chi connectivity index (χ2n) is 11.8. The molecular formula is C41H43NO4. The van der Waals surface area contributed by atoms with Crippen molar-refractivity contribution in [2.75, 3.05) is 13.2 Å². The lowest BCUT2D eigenvalue weighted by Gasteiger charge is -2.48. The van der Waals surface area contributed by atoms with Crippen molar-refractivity contribution in [1.29, 1.82) is 0 Å². The normalized spacial score (nSPS) is 20.0. The van der Waals surface area contributed by atoms with Crippen LogP contribution in [0.15, 0.2) is 152 Å². The van der Waals surface area contributed by atoms with Crippen LogP contribution in [-0.4, -0.2) is 42.4 Å². The minimum atomic E-state index is -0.315. The Labute approximate surface area is 273 Å². The van der Waals surface area contributed by atoms with E-state index >= 15 is 0 Å². The third-order valence-corrected chi connectivity index (χ3v) is 8.46. The number of nitrogens with zero attached hydrogens (tertiary/aromatic N) is 1. The van der Waals surface area contributed by atoms with Gasteiger partial charge < -0.3 is 18.9 Å². The molecule has 4 atom stereocenters. The number of hydrogen-bond donors (Lipinski definition) is 0. The molecule has 0 bridgehead atoms. The van der Waals surface area contributed by atoms with Crippen molar-refractivity contribution in [2.45, 2.75) is 57.3 Å². The Hall–Kier alpha value is -4.10. The van der Waals surface area contributed by atoms with Crippen LogP contribution in [-0.2, 0) is 51.9 Å². The first kappa shape index (κ1) is 31.9. The summed E-state index contributed by atoms with van der Waals surface area (Å²) in [6.07, 6.45) is -0.846. The maximum atomic E-state index is 6.91. The Morgan fingerprint density at radius 1 is 0.435 bits per heavy atom. The fourth-order valence-corrected chi connectivity index (χ4v) is 6.05. The summed E-state index contributed by atoms with van der Waals surface area (Å²) in [5.74, 6) is 0. The molecule has 0 radical (unpaired) electrons. The van der Waals surface area contributed by atoms with E-state index in [1.807, 2.05) is 36.4 Å². The highest BCUT2D eigenvalue weighted by molar-refractivity contribution is 5.18. The maximum absolute atomic E-state index is 6.91. The summed E-state index contributed by atoms with van der Waals surface area (Å²) in [6.45, 7) is 3.90. The minimum absolute atomic E-state index is 0.0648. The van der Waals surface area contributed by atoms with Gasteiger partial charge in [-0.25, -0.2) is 0 Å². The van der Waals surface area contributed by atoms with Gasteiger partial charge >= 0.3 is 0 Å². The molecule has 6 rings (SSSR count). The van der Waals surface area contributed by atoms with Crippen molar-refractivity contribution >= 4 is 0 Å². The van der Waals surface area contributed by atoms with Gasteiger partial charge in [0.05, 0.1) is 45.2 Å². The van der Waals surface area contributed by atoms with Crippen LogP contribution in [0.1, 0.15) is 27.8 Å². The Bertz CT molecular complexity index is 1530. The lowest BCUT2D eigenvalue weighted by atomic mass is 9.92. The molecular weight excluding hydrogens is 570 g/mol. The summed E-state index contributed by atoms with van der Waals surface area (Å²) >= 11 is 0. The molecule has 0 N–H and O–H groups in total. The Kier molecular flexibility index (Phi) is 11.8. The first-order chi connectivity index (χ1) is 22.8. The van der Waals surface area contributed by atoms with Crippen LogP contribution in [0.4, 0.5) is 0 Å². The van der Waals surface area contributed by atoms with Crippen LogP contribution >= 0.6 is 0 Å². The van der Waals surface area contributed by atoms with Gasteiger partial charge in [0, 0.05) is 13.1 Å². The molecule has 1 aliphatic heterocycles. The van der Waals surface area contributed by atoms with Crippen LogP contribution in [0.2, 0.25) is 0 Å². The van der Waals surface area contributed by atoms with E-state index in [0.29, 0.717) is 39.6 Å². The van der Waals surface area contributed by atoms with E-state index < -0.39 is 0 Å². The average Bonchev–Trinajstić information content (AvgIpc) is 3.12. The highest BCUT2D eigenvalue weighted by Gasteiger charge is 2.46. The lowest BCUT2D eigenvalue weighted by Crippen LogP contribution is -2.64. The zero-order valence-corrected chi connectivity index (χ0v) is 26.3. The molecule has 1 fully saturated rings. The average molecular weight is 614 g/mol. The number of rotatable bonds is 15. The highest BCUT2D eigenvalue weighted by atomic mass is 16.6. The van der Waals surface area contributed by atoms with Gasteiger partial charge in [0.15, 0.2) is 0 Å². The zero-order chi connectivity index (χ0) is 31.2. The van der Waals surface area contributed by atoms with Gasteiger partial charge in [-0.15, -0.1) is 0 Å². The van der Waals surface area contributed by atoms with Crippen LogP contribution in [0, 0.1) is 0 Å². The molecule has 1 saturated heterocycles. The number of benzene rings is 5. The van der Waals surface area contributed by atoms with Crippen LogP contribution in [0.25, 0.3) is 0 Å². The van der Waals surface area contributed by atoms with E-state index in [1.54, 1.807) is 0 Å². The van der Waals surface area contributed by atoms with Crippen molar-refractivity contribution in [3.63, 3.8) is 0 Å². The Morgan fingerprint density at radius 2 is 0.826 bits per heavy atom. The molecule has 0 amide bonds. The first-order valence-corrected chi connectivity index (χ1v) is 16.2. The molecule has 1 aliphatic rings. The van der Waals surface area contributed by atoms with Gasteiger partial charge in [-0.05, 0) is 27.8 Å². The standard InChI is InChI=1S/C41H43NO4/c1-6-16-33(17-7-1)26-42-27-39(44-29-35-20-10-3-11-21-35)41(46-31-37-24-14-5-15-25-37)40(45-30-36-22-12-4-13-23-36)38(42)32-43-28-34-18-8-2-9-19-34/h1-25,38-41H,26-32H2/t38-,39+,40+,41-/m0/s1. The molecule has 0 aliphatic carbocycles. The molecule has 46 heavy (non-hydrogen) atoms. The summed E-state index contributed by atoms with van der Waals surface area (Å²) in [6, 6.07) is 51.9. The molecule has 5 aromatic carbocycles. The third kappa shape index (κ3) is 9.23. The number of likely N-dealkylation sites (tertiary alicyclic amines) is 1. The van der Waals surface area contributed by atoms with Crippen LogP contribution in [0.5, 0.6) is 0 Å². The summed E-state index contributed by atoms with van der Waals surface area (Å²) in [5, 5.41) is 0. The molecule has 0 spiro atoms. The van der Waals surface area contributed by atoms with Crippen LogP contribution in [0.3, 0.4) is 0 Å². The van der Waals surface area contributed by atoms with Gasteiger partial charge in [0.1, 0.15) is 12.2 Å². The predicted molar refractivity (Wildman–Crippen MR) is 182 cm³/mol. The van der Waals surface area contributed by atoms with Gasteiger partial charge in [-0.1, -0.05) is 152 Å². The maximum Gasteiger partial charge on any atom is 0.113 e. The number of ether oxygens (including phenoxy) is 4. The summed E-state index contributed by atoms with van der Waals surface area (Å²) in [4.78, 5) is 2.47. The molecule has 5 heteroatoms. The van der Waals surface area contributed by atoms with Crippen molar-refractivity contribution in [3.8, 4) is 0 Å². The lowest BCUT2D eigenvalue weighted by molar-refractivity contribution is -0.212. The molecule has 5 aromatic rings. The van der Waals surface area contributed by atoms with E-state index in [4.69, 9.17) is 18.9 Å². The first-order valence-electron chi connectivity index (χ1n) is 16.2. The zero-order valence-electron chi connectivity index (χ0n) is 26.3. The van der Waals surface area contributed by atoms with E-state index in [9.17, 15) is 0 Å². The molecule has 236 valence electrons. The Balaban J connectivity index is 1.31. The van der Waals surface area contributed by atoms with Gasteiger partial charge in [-0.2, -0.15) is 0 Å². The predicted octanol–water partition coefficient (Wildman–Crippen LogP) is 7.84. The van der Waals surface area contributed by atoms with Crippen molar-refractivity contribution in [1.82, 2.24) is 4.90 Å². The third-order valence-electron chi connectivity index (χ3n) is 8.46. The van der Waals surface area contributed by atoms with Crippen molar-refractivity contribution in [3.05, 3.63) is 179 Å². The van der Waals surface area contributed by atoms with Crippen molar-refractivity contribution in [2.24, 2.45) is 0 Å². The largest absolute Gasteiger partial charge is 0.375 e. The fraction of sp³-hybridized carbons (Fsp3) is 0.268. The molecule has 5 nitrogen and oxygen atoms in total.